The van der Waals surface area contributed by atoms with Crippen molar-refractivity contribution in [3.05, 3.63) is 25.3 Å². The minimum atomic E-state index is -1.09. The molecule has 0 aromatic carbocycles. The van der Waals surface area contributed by atoms with Crippen LogP contribution in [0, 0.1) is 0 Å². The average molecular weight is 314 g/mol. The van der Waals surface area contributed by atoms with Gasteiger partial charge in [-0.15, -0.1) is 6.58 Å². The predicted octanol–water partition coefficient (Wildman–Crippen LogP) is 0.524. The lowest BCUT2D eigenvalue weighted by Gasteiger charge is -2.38. The summed E-state index contributed by atoms with van der Waals surface area (Å²) in [6.45, 7) is 10.6. The van der Waals surface area contributed by atoms with Gasteiger partial charge in [0, 0.05) is 0 Å². The summed E-state index contributed by atoms with van der Waals surface area (Å²) < 4.78 is 27.3. The molecule has 124 valence electrons. The zero-order valence-corrected chi connectivity index (χ0v) is 12.8. The lowest BCUT2D eigenvalue weighted by atomic mass is 9.99. The number of carbonyl (C=O) groups excluding carboxylic acids is 1. The highest BCUT2D eigenvalue weighted by Crippen LogP contribution is 2.38. The predicted molar refractivity (Wildman–Crippen MR) is 75.8 cm³/mol. The van der Waals surface area contributed by atoms with E-state index in [0.29, 0.717) is 0 Å². The van der Waals surface area contributed by atoms with Crippen molar-refractivity contribution >= 4 is 5.97 Å². The Hall–Kier alpha value is -1.25. The Balaban J connectivity index is 2.17. The highest BCUT2D eigenvalue weighted by molar-refractivity contribution is 5.76. The van der Waals surface area contributed by atoms with Crippen molar-refractivity contribution in [1.29, 1.82) is 0 Å². The number of aliphatic hydroxyl groups is 1. The molecule has 2 saturated heterocycles. The van der Waals surface area contributed by atoms with Crippen LogP contribution < -0.4 is 0 Å². The van der Waals surface area contributed by atoms with Gasteiger partial charge in [-0.05, 0) is 13.8 Å². The first-order valence-electron chi connectivity index (χ1n) is 7.09. The van der Waals surface area contributed by atoms with Crippen molar-refractivity contribution in [2.45, 2.75) is 50.3 Å². The Morgan fingerprint density at radius 3 is 2.50 bits per heavy atom. The molecule has 0 spiro atoms. The first kappa shape index (κ1) is 17.1. The summed E-state index contributed by atoms with van der Waals surface area (Å²) in [6.07, 6.45) is -1.72. The molecule has 22 heavy (non-hydrogen) atoms. The van der Waals surface area contributed by atoms with E-state index in [9.17, 15) is 9.90 Å². The summed E-state index contributed by atoms with van der Waals surface area (Å²) in [5, 5.41) is 10.3. The summed E-state index contributed by atoms with van der Waals surface area (Å²) in [5.41, 5.74) is 0. The van der Waals surface area contributed by atoms with E-state index in [2.05, 4.69) is 13.2 Å². The molecule has 0 aliphatic carbocycles. The quantitative estimate of drug-likeness (QED) is 0.565. The second-order valence-electron chi connectivity index (χ2n) is 5.52. The summed E-state index contributed by atoms with van der Waals surface area (Å²) in [4.78, 5) is 12.1. The Labute approximate surface area is 129 Å². The molecule has 0 radical (unpaired) electrons. The summed E-state index contributed by atoms with van der Waals surface area (Å²) in [6, 6.07) is 0. The third kappa shape index (κ3) is 3.56. The Bertz CT molecular complexity index is 434. The zero-order chi connectivity index (χ0) is 16.3. The standard InChI is InChI=1S/C15H22O7/c1-5-7-18-13(17)12-11-10(21-15(3,4)22-11)9(16)14(20-12)19-8-6-2/h5-6,9-12,14,16H,1-2,7-8H2,3-4H3/t9-,10-,11-,12+,14+/m1/s1. The SMILES string of the molecule is C=CCOC(=O)[C@H]1O[C@H](OCC=C)[C@H](O)[C@H]2OC(C)(C)O[C@H]21. The molecule has 0 bridgehead atoms. The van der Waals surface area contributed by atoms with E-state index in [4.69, 9.17) is 23.7 Å². The van der Waals surface area contributed by atoms with Gasteiger partial charge in [0.2, 0.25) is 0 Å². The molecule has 2 aliphatic rings. The maximum absolute atomic E-state index is 12.1. The van der Waals surface area contributed by atoms with Gasteiger partial charge in [-0.3, -0.25) is 0 Å². The Morgan fingerprint density at radius 1 is 1.23 bits per heavy atom. The topological polar surface area (TPSA) is 83.5 Å². The highest BCUT2D eigenvalue weighted by Gasteiger charge is 2.57. The second kappa shape index (κ2) is 6.89. The van der Waals surface area contributed by atoms with Crippen molar-refractivity contribution < 1.29 is 33.6 Å². The number of hydrogen-bond donors (Lipinski definition) is 1. The fraction of sp³-hybridized carbons (Fsp3) is 0.667. The van der Waals surface area contributed by atoms with E-state index >= 15 is 0 Å². The molecule has 0 unspecified atom stereocenters. The smallest absolute Gasteiger partial charge is 0.338 e. The van der Waals surface area contributed by atoms with Gasteiger partial charge in [0.25, 0.3) is 0 Å². The molecule has 0 aromatic rings. The number of fused-ring (bicyclic) bond motifs is 1. The molecule has 5 atom stereocenters. The van der Waals surface area contributed by atoms with E-state index in [1.54, 1.807) is 13.8 Å². The molecular formula is C15H22O7. The van der Waals surface area contributed by atoms with Gasteiger partial charge < -0.3 is 28.8 Å². The Morgan fingerprint density at radius 2 is 1.86 bits per heavy atom. The first-order chi connectivity index (χ1) is 10.4. The first-order valence-corrected chi connectivity index (χ1v) is 7.09. The normalized spacial score (nSPS) is 36.4. The number of esters is 1. The minimum Gasteiger partial charge on any atom is -0.459 e. The largest absolute Gasteiger partial charge is 0.459 e. The average Bonchev–Trinajstić information content (AvgIpc) is 2.80. The molecular weight excluding hydrogens is 292 g/mol. The molecule has 7 heteroatoms. The molecule has 0 saturated carbocycles. The van der Waals surface area contributed by atoms with Crippen molar-refractivity contribution in [1.82, 2.24) is 0 Å². The number of ether oxygens (including phenoxy) is 5. The van der Waals surface area contributed by atoms with Gasteiger partial charge in [-0.1, -0.05) is 18.7 Å². The van der Waals surface area contributed by atoms with Gasteiger partial charge in [-0.2, -0.15) is 0 Å². The van der Waals surface area contributed by atoms with Crippen LogP contribution in [-0.4, -0.2) is 60.8 Å². The van der Waals surface area contributed by atoms with Crippen LogP contribution in [-0.2, 0) is 28.5 Å². The van der Waals surface area contributed by atoms with Crippen LogP contribution in [0.25, 0.3) is 0 Å². The molecule has 7 nitrogen and oxygen atoms in total. The third-order valence-electron chi connectivity index (χ3n) is 3.31. The molecule has 2 rings (SSSR count). The van der Waals surface area contributed by atoms with E-state index in [-0.39, 0.29) is 13.2 Å². The number of carbonyl (C=O) groups is 1. The lowest BCUT2D eigenvalue weighted by Crippen LogP contribution is -2.59. The van der Waals surface area contributed by atoms with Crippen LogP contribution in [0.2, 0.25) is 0 Å². The van der Waals surface area contributed by atoms with E-state index in [0.717, 1.165) is 0 Å². The fourth-order valence-electron chi connectivity index (χ4n) is 2.49. The lowest BCUT2D eigenvalue weighted by molar-refractivity contribution is -0.274. The molecule has 2 heterocycles. The van der Waals surface area contributed by atoms with E-state index in [1.807, 2.05) is 0 Å². The molecule has 0 amide bonds. The Kier molecular flexibility index (Phi) is 5.36. The number of rotatable bonds is 6. The van der Waals surface area contributed by atoms with Crippen LogP contribution in [0.4, 0.5) is 0 Å². The third-order valence-corrected chi connectivity index (χ3v) is 3.31. The van der Waals surface area contributed by atoms with Crippen molar-refractivity contribution in [3.63, 3.8) is 0 Å². The van der Waals surface area contributed by atoms with Crippen molar-refractivity contribution in [3.8, 4) is 0 Å². The summed E-state index contributed by atoms with van der Waals surface area (Å²) >= 11 is 0. The summed E-state index contributed by atoms with van der Waals surface area (Å²) in [7, 11) is 0. The summed E-state index contributed by atoms with van der Waals surface area (Å²) in [5.74, 6) is -1.56. The second-order valence-corrected chi connectivity index (χ2v) is 5.52. The van der Waals surface area contributed by atoms with Gasteiger partial charge >= 0.3 is 5.97 Å². The van der Waals surface area contributed by atoms with Crippen molar-refractivity contribution in [2.75, 3.05) is 13.2 Å². The van der Waals surface area contributed by atoms with E-state index in [1.165, 1.54) is 12.2 Å². The minimum absolute atomic E-state index is 0.0566. The molecule has 2 aliphatic heterocycles. The number of hydrogen-bond acceptors (Lipinski definition) is 7. The molecule has 1 N–H and O–H groups in total. The van der Waals surface area contributed by atoms with E-state index < -0.39 is 42.5 Å². The fourth-order valence-corrected chi connectivity index (χ4v) is 2.49. The zero-order valence-electron chi connectivity index (χ0n) is 12.8. The van der Waals surface area contributed by atoms with Crippen LogP contribution in [0.1, 0.15) is 13.8 Å². The van der Waals surface area contributed by atoms with Crippen LogP contribution in [0.3, 0.4) is 0 Å². The van der Waals surface area contributed by atoms with Gasteiger partial charge in [0.15, 0.2) is 18.2 Å². The van der Waals surface area contributed by atoms with Crippen molar-refractivity contribution in [2.24, 2.45) is 0 Å². The van der Waals surface area contributed by atoms with Gasteiger partial charge in [-0.25, -0.2) is 4.79 Å². The monoisotopic (exact) mass is 314 g/mol. The molecule has 0 aromatic heterocycles. The van der Waals surface area contributed by atoms with Gasteiger partial charge in [0.05, 0.1) is 6.61 Å². The van der Waals surface area contributed by atoms with Crippen LogP contribution >= 0.6 is 0 Å². The maximum Gasteiger partial charge on any atom is 0.338 e. The highest BCUT2D eigenvalue weighted by atomic mass is 16.8. The van der Waals surface area contributed by atoms with Crippen LogP contribution in [0.15, 0.2) is 25.3 Å². The molecule has 2 fully saturated rings. The maximum atomic E-state index is 12.1. The van der Waals surface area contributed by atoms with Gasteiger partial charge in [0.1, 0.15) is 24.9 Å². The van der Waals surface area contributed by atoms with Crippen LogP contribution in [0.5, 0.6) is 0 Å². The number of aliphatic hydroxyl groups excluding tert-OH is 1.